The summed E-state index contributed by atoms with van der Waals surface area (Å²) in [7, 11) is 0. The zero-order valence-corrected chi connectivity index (χ0v) is 11.0. The van der Waals surface area contributed by atoms with E-state index < -0.39 is 6.10 Å². The van der Waals surface area contributed by atoms with E-state index >= 15 is 0 Å². The molecule has 1 aliphatic heterocycles. The quantitative estimate of drug-likeness (QED) is 0.407. The predicted molar refractivity (Wildman–Crippen MR) is 69.9 cm³/mol. The van der Waals surface area contributed by atoms with Crippen molar-refractivity contribution in [3.8, 4) is 0 Å². The van der Waals surface area contributed by atoms with Crippen molar-refractivity contribution in [2.45, 2.75) is 45.3 Å². The Morgan fingerprint density at radius 3 is 2.89 bits per heavy atom. The fourth-order valence-corrected chi connectivity index (χ4v) is 2.51. The van der Waals surface area contributed by atoms with Crippen molar-refractivity contribution in [3.05, 3.63) is 35.5 Å². The lowest BCUT2D eigenvalue weighted by Crippen LogP contribution is -2.22. The fraction of sp³-hybridized carbons (Fsp3) is 0.533. The van der Waals surface area contributed by atoms with Crippen molar-refractivity contribution in [2.24, 2.45) is 5.92 Å². The number of hydrogen-bond donors (Lipinski definition) is 1. The van der Waals surface area contributed by atoms with E-state index in [0.717, 1.165) is 18.4 Å². The summed E-state index contributed by atoms with van der Waals surface area (Å²) >= 11 is 0. The van der Waals surface area contributed by atoms with Gasteiger partial charge in [-0.2, -0.15) is 0 Å². The van der Waals surface area contributed by atoms with Gasteiger partial charge in [-0.1, -0.05) is 18.2 Å². The van der Waals surface area contributed by atoms with Gasteiger partial charge in [0.05, 0.1) is 6.10 Å². The molecule has 0 bridgehead atoms. The minimum atomic E-state index is -0.518. The van der Waals surface area contributed by atoms with Gasteiger partial charge in [0.15, 0.2) is 0 Å². The van der Waals surface area contributed by atoms with E-state index in [1.807, 2.05) is 19.9 Å². The van der Waals surface area contributed by atoms with Gasteiger partial charge >= 0.3 is 5.97 Å². The second-order valence-corrected chi connectivity index (χ2v) is 5.25. The normalized spacial score (nSPS) is 33.4. The maximum Gasteiger partial charge on any atom is 0.334 e. The van der Waals surface area contributed by atoms with Crippen LogP contribution in [-0.2, 0) is 9.53 Å². The number of esters is 1. The Kier molecular flexibility index (Phi) is 3.71. The largest absolute Gasteiger partial charge is 0.454 e. The van der Waals surface area contributed by atoms with Gasteiger partial charge in [-0.25, -0.2) is 4.79 Å². The van der Waals surface area contributed by atoms with Crippen LogP contribution in [-0.4, -0.2) is 23.3 Å². The summed E-state index contributed by atoms with van der Waals surface area (Å²) < 4.78 is 5.32. The van der Waals surface area contributed by atoms with Crippen LogP contribution in [0.5, 0.6) is 0 Å². The third-order valence-corrected chi connectivity index (χ3v) is 3.81. The molecule has 1 saturated heterocycles. The van der Waals surface area contributed by atoms with E-state index in [2.05, 4.69) is 12.7 Å². The molecule has 1 heterocycles. The molecule has 0 radical (unpaired) electrons. The number of carbonyl (C=O) groups is 1. The number of aliphatic hydroxyl groups excluding tert-OH is 1. The Morgan fingerprint density at radius 1 is 1.44 bits per heavy atom. The van der Waals surface area contributed by atoms with Crippen molar-refractivity contribution in [1.82, 2.24) is 0 Å². The molecule has 98 valence electrons. The number of allylic oxidation sites excluding steroid dienone is 2. The van der Waals surface area contributed by atoms with E-state index in [1.165, 1.54) is 5.57 Å². The number of carbonyl (C=O) groups excluding carboxylic acids is 1. The molecule has 3 heteroatoms. The summed E-state index contributed by atoms with van der Waals surface area (Å²) in [5, 5.41) is 10.1. The van der Waals surface area contributed by atoms with Crippen LogP contribution in [0.4, 0.5) is 0 Å². The van der Waals surface area contributed by atoms with Crippen molar-refractivity contribution < 1.29 is 14.6 Å². The fourth-order valence-electron chi connectivity index (χ4n) is 2.51. The SMILES string of the molecule is C=C1C(=O)O[C@@H]2C=C(C)CCC=C(C)[C@@H](O)C[C@@H]12. The Hall–Kier alpha value is -1.35. The highest BCUT2D eigenvalue weighted by Gasteiger charge is 2.38. The van der Waals surface area contributed by atoms with Crippen LogP contribution in [0.2, 0.25) is 0 Å². The molecule has 1 aliphatic carbocycles. The van der Waals surface area contributed by atoms with E-state index in [9.17, 15) is 9.90 Å². The molecule has 0 aromatic heterocycles. The Balaban J connectivity index is 2.30. The van der Waals surface area contributed by atoms with Crippen LogP contribution in [0.25, 0.3) is 0 Å². The molecule has 0 unspecified atom stereocenters. The van der Waals surface area contributed by atoms with Crippen molar-refractivity contribution in [1.29, 1.82) is 0 Å². The lowest BCUT2D eigenvalue weighted by Gasteiger charge is -2.21. The molecule has 0 saturated carbocycles. The van der Waals surface area contributed by atoms with E-state index in [1.54, 1.807) is 0 Å². The topological polar surface area (TPSA) is 46.5 Å². The van der Waals surface area contributed by atoms with Gasteiger partial charge in [0.2, 0.25) is 0 Å². The van der Waals surface area contributed by atoms with Gasteiger partial charge in [0, 0.05) is 11.5 Å². The molecule has 0 spiro atoms. The number of fused-ring (bicyclic) bond motifs is 1. The molecular weight excluding hydrogens is 228 g/mol. The molecular formula is C15H20O3. The first-order valence-corrected chi connectivity index (χ1v) is 6.41. The minimum Gasteiger partial charge on any atom is -0.454 e. The average molecular weight is 248 g/mol. The van der Waals surface area contributed by atoms with Crippen LogP contribution in [0.3, 0.4) is 0 Å². The first-order chi connectivity index (χ1) is 8.49. The highest BCUT2D eigenvalue weighted by atomic mass is 16.5. The van der Waals surface area contributed by atoms with Gasteiger partial charge in [-0.3, -0.25) is 0 Å². The van der Waals surface area contributed by atoms with Gasteiger partial charge in [0.1, 0.15) is 6.10 Å². The van der Waals surface area contributed by atoms with E-state index in [0.29, 0.717) is 12.0 Å². The summed E-state index contributed by atoms with van der Waals surface area (Å²) in [6.45, 7) is 7.78. The van der Waals surface area contributed by atoms with E-state index in [4.69, 9.17) is 4.74 Å². The van der Waals surface area contributed by atoms with Gasteiger partial charge in [-0.15, -0.1) is 0 Å². The molecule has 3 nitrogen and oxygen atoms in total. The van der Waals surface area contributed by atoms with Crippen LogP contribution in [0.15, 0.2) is 35.5 Å². The van der Waals surface area contributed by atoms with Crippen LogP contribution >= 0.6 is 0 Å². The molecule has 1 fully saturated rings. The number of ether oxygens (including phenoxy) is 1. The summed E-state index contributed by atoms with van der Waals surface area (Å²) in [4.78, 5) is 11.6. The summed E-state index contributed by atoms with van der Waals surface area (Å²) in [6, 6.07) is 0. The first-order valence-electron chi connectivity index (χ1n) is 6.41. The van der Waals surface area contributed by atoms with Crippen LogP contribution in [0, 0.1) is 5.92 Å². The van der Waals surface area contributed by atoms with Crippen LogP contribution in [0.1, 0.15) is 33.1 Å². The molecule has 3 atom stereocenters. The standard InChI is InChI=1S/C15H20O3/c1-9-5-4-6-10(2)13(16)8-12-11(3)15(17)18-14(12)7-9/h6-7,12-14,16H,3-5,8H2,1-2H3/t12-,13-,14+/m0/s1. The molecule has 18 heavy (non-hydrogen) atoms. The maximum atomic E-state index is 11.6. The first kappa shape index (κ1) is 13.1. The smallest absolute Gasteiger partial charge is 0.334 e. The molecule has 1 N–H and O–H groups in total. The second-order valence-electron chi connectivity index (χ2n) is 5.25. The third kappa shape index (κ3) is 2.56. The second kappa shape index (κ2) is 5.11. The maximum absolute atomic E-state index is 11.6. The summed E-state index contributed by atoms with van der Waals surface area (Å²) in [6.07, 6.45) is 5.64. The Labute approximate surface area is 108 Å². The minimum absolute atomic E-state index is 0.108. The monoisotopic (exact) mass is 248 g/mol. The highest BCUT2D eigenvalue weighted by Crippen LogP contribution is 2.34. The van der Waals surface area contributed by atoms with Crippen LogP contribution < -0.4 is 0 Å². The summed E-state index contributed by atoms with van der Waals surface area (Å²) in [5.74, 6) is -0.439. The van der Waals surface area contributed by atoms with Gasteiger partial charge in [-0.05, 0) is 44.8 Å². The molecule has 0 aromatic carbocycles. The van der Waals surface area contributed by atoms with Gasteiger partial charge in [0.25, 0.3) is 0 Å². The third-order valence-electron chi connectivity index (χ3n) is 3.81. The molecule has 0 aromatic rings. The highest BCUT2D eigenvalue weighted by molar-refractivity contribution is 5.91. The summed E-state index contributed by atoms with van der Waals surface area (Å²) in [5.41, 5.74) is 2.67. The molecule has 0 amide bonds. The Morgan fingerprint density at radius 2 is 2.17 bits per heavy atom. The number of aliphatic hydroxyl groups is 1. The number of hydrogen-bond acceptors (Lipinski definition) is 3. The average Bonchev–Trinajstić information content (AvgIpc) is 2.56. The number of rotatable bonds is 0. The molecule has 2 aliphatic rings. The zero-order chi connectivity index (χ0) is 13.3. The lowest BCUT2D eigenvalue weighted by molar-refractivity contribution is -0.137. The van der Waals surface area contributed by atoms with Gasteiger partial charge < -0.3 is 9.84 Å². The predicted octanol–water partition coefficient (Wildman–Crippen LogP) is 2.52. The van der Waals surface area contributed by atoms with E-state index in [-0.39, 0.29) is 18.0 Å². The van der Waals surface area contributed by atoms with Crippen molar-refractivity contribution in [3.63, 3.8) is 0 Å². The van der Waals surface area contributed by atoms with Crippen molar-refractivity contribution >= 4 is 5.97 Å². The van der Waals surface area contributed by atoms with Crippen molar-refractivity contribution in [2.75, 3.05) is 0 Å². The zero-order valence-electron chi connectivity index (χ0n) is 11.0. The molecule has 2 rings (SSSR count). The Bertz CT molecular complexity index is 431. The lowest BCUT2D eigenvalue weighted by atomic mass is 9.87.